The van der Waals surface area contributed by atoms with Crippen LogP contribution in [0.15, 0.2) is 89.9 Å². The maximum Gasteiger partial charge on any atom is 0.252 e. The van der Waals surface area contributed by atoms with Crippen molar-refractivity contribution in [3.63, 3.8) is 0 Å². The third-order valence-electron chi connectivity index (χ3n) is 7.27. The molecule has 0 aromatic heterocycles. The van der Waals surface area contributed by atoms with Crippen molar-refractivity contribution >= 4 is 11.8 Å². The summed E-state index contributed by atoms with van der Waals surface area (Å²) < 4.78 is 17.7. The molecule has 40 heavy (non-hydrogen) atoms. The summed E-state index contributed by atoms with van der Waals surface area (Å²) in [4.78, 5) is 21.6. The number of nitrogens with one attached hydrogen (secondary N) is 1. The Balaban J connectivity index is 1.46. The molecule has 5 rings (SSSR count). The van der Waals surface area contributed by atoms with E-state index < -0.39 is 11.6 Å². The standard InChI is InChI=1S/C32H37N3O5/c36-20-7-21-39-28-14-12-27(13-15-28)30-34-32(24-25-8-3-1-4-9-25,29(40-30)26-10-5-2-6-11-26)31(37)33-16-17-35-18-22-38-23-19-35/h1-6,8-15,29,36H,7,16-24H2,(H,33,37)/t29-,32-/m0/s1. The summed E-state index contributed by atoms with van der Waals surface area (Å²) >= 11 is 0. The van der Waals surface area contributed by atoms with Crippen LogP contribution in [0.25, 0.3) is 0 Å². The normalized spacial score (nSPS) is 20.9. The lowest BCUT2D eigenvalue weighted by Gasteiger charge is -2.32. The molecule has 0 aliphatic carbocycles. The number of carbonyl (C=O) groups excluding carboxylic acids is 1. The molecule has 0 radical (unpaired) electrons. The zero-order valence-electron chi connectivity index (χ0n) is 22.7. The molecule has 0 unspecified atom stereocenters. The first-order valence-corrected chi connectivity index (χ1v) is 14.0. The van der Waals surface area contributed by atoms with Gasteiger partial charge in [0, 0.05) is 51.2 Å². The van der Waals surface area contributed by atoms with Crippen LogP contribution in [0, 0.1) is 0 Å². The van der Waals surface area contributed by atoms with Crippen molar-refractivity contribution in [1.29, 1.82) is 0 Å². The van der Waals surface area contributed by atoms with Crippen LogP contribution in [0.5, 0.6) is 5.75 Å². The zero-order valence-corrected chi connectivity index (χ0v) is 22.7. The molecule has 1 fully saturated rings. The van der Waals surface area contributed by atoms with E-state index >= 15 is 0 Å². The highest BCUT2D eigenvalue weighted by atomic mass is 16.5. The highest BCUT2D eigenvalue weighted by Gasteiger charge is 2.53. The smallest absolute Gasteiger partial charge is 0.252 e. The lowest BCUT2D eigenvalue weighted by molar-refractivity contribution is -0.129. The molecular weight excluding hydrogens is 506 g/mol. The minimum absolute atomic E-state index is 0.0849. The molecule has 3 aromatic rings. The number of amides is 1. The number of rotatable bonds is 12. The second kappa shape index (κ2) is 13.6. The van der Waals surface area contributed by atoms with Gasteiger partial charge in [0.25, 0.3) is 5.91 Å². The number of aliphatic imine (C=N–C) groups is 1. The van der Waals surface area contributed by atoms with E-state index in [0.29, 0.717) is 50.9 Å². The van der Waals surface area contributed by atoms with Crippen molar-refractivity contribution in [2.45, 2.75) is 24.5 Å². The summed E-state index contributed by atoms with van der Waals surface area (Å²) in [6.07, 6.45) is 0.356. The van der Waals surface area contributed by atoms with Crippen LogP contribution in [-0.4, -0.2) is 80.0 Å². The number of hydrogen-bond acceptors (Lipinski definition) is 7. The molecule has 2 heterocycles. The van der Waals surface area contributed by atoms with Crippen LogP contribution in [0.1, 0.15) is 29.2 Å². The highest BCUT2D eigenvalue weighted by Crippen LogP contribution is 2.42. The molecule has 3 aromatic carbocycles. The fourth-order valence-electron chi connectivity index (χ4n) is 5.12. The van der Waals surface area contributed by atoms with E-state index in [2.05, 4.69) is 10.2 Å². The number of hydrogen-bond donors (Lipinski definition) is 2. The molecule has 0 spiro atoms. The average Bonchev–Trinajstić information content (AvgIpc) is 3.39. The van der Waals surface area contributed by atoms with Gasteiger partial charge in [0.2, 0.25) is 5.90 Å². The van der Waals surface area contributed by atoms with Crippen molar-refractivity contribution in [3.8, 4) is 5.75 Å². The molecule has 2 aliphatic rings. The van der Waals surface area contributed by atoms with Crippen molar-refractivity contribution in [3.05, 3.63) is 102 Å². The lowest BCUT2D eigenvalue weighted by Crippen LogP contribution is -2.51. The molecule has 0 bridgehead atoms. The van der Waals surface area contributed by atoms with E-state index in [1.165, 1.54) is 0 Å². The van der Waals surface area contributed by atoms with Gasteiger partial charge in [-0.25, -0.2) is 4.99 Å². The molecule has 2 atom stereocenters. The third-order valence-corrected chi connectivity index (χ3v) is 7.27. The summed E-state index contributed by atoms with van der Waals surface area (Å²) in [7, 11) is 0. The molecule has 2 aliphatic heterocycles. The number of benzene rings is 3. The molecule has 210 valence electrons. The molecule has 1 amide bonds. The Bertz CT molecular complexity index is 1250. The van der Waals surface area contributed by atoms with Gasteiger partial charge in [-0.2, -0.15) is 0 Å². The second-order valence-electron chi connectivity index (χ2n) is 10.1. The van der Waals surface area contributed by atoms with Crippen LogP contribution < -0.4 is 10.1 Å². The van der Waals surface area contributed by atoms with Crippen LogP contribution in [-0.2, 0) is 20.7 Å². The SMILES string of the molecule is O=C(NCCN1CCOCC1)[C@@]1(Cc2ccccc2)N=C(c2ccc(OCCCO)cc2)O[C@H]1c1ccccc1. The number of aliphatic hydroxyl groups is 1. The predicted octanol–water partition coefficient (Wildman–Crippen LogP) is 3.40. The Morgan fingerprint density at radius 1 is 1.00 bits per heavy atom. The Morgan fingerprint density at radius 2 is 1.70 bits per heavy atom. The molecule has 0 saturated carbocycles. The van der Waals surface area contributed by atoms with Gasteiger partial charge in [0.15, 0.2) is 11.6 Å². The van der Waals surface area contributed by atoms with E-state index in [0.717, 1.165) is 36.3 Å². The van der Waals surface area contributed by atoms with Gasteiger partial charge in [0.05, 0.1) is 19.8 Å². The predicted molar refractivity (Wildman–Crippen MR) is 154 cm³/mol. The summed E-state index contributed by atoms with van der Waals surface area (Å²) in [5, 5.41) is 12.2. The van der Waals surface area contributed by atoms with Gasteiger partial charge >= 0.3 is 0 Å². The van der Waals surface area contributed by atoms with E-state index in [-0.39, 0.29) is 12.5 Å². The Kier molecular flexibility index (Phi) is 9.44. The van der Waals surface area contributed by atoms with Gasteiger partial charge in [-0.1, -0.05) is 60.7 Å². The van der Waals surface area contributed by atoms with E-state index in [9.17, 15) is 4.79 Å². The van der Waals surface area contributed by atoms with Crippen LogP contribution in [0.3, 0.4) is 0 Å². The van der Waals surface area contributed by atoms with Crippen molar-refractivity contribution in [2.75, 3.05) is 52.6 Å². The first kappa shape index (κ1) is 27.8. The zero-order chi connectivity index (χ0) is 27.6. The summed E-state index contributed by atoms with van der Waals surface area (Å²) in [6.45, 7) is 4.95. The van der Waals surface area contributed by atoms with Crippen molar-refractivity contribution in [1.82, 2.24) is 10.2 Å². The van der Waals surface area contributed by atoms with Gasteiger partial charge in [-0.15, -0.1) is 0 Å². The topological polar surface area (TPSA) is 92.6 Å². The number of carbonyl (C=O) groups is 1. The third kappa shape index (κ3) is 6.70. The lowest BCUT2D eigenvalue weighted by atomic mass is 9.82. The van der Waals surface area contributed by atoms with Gasteiger partial charge in [0.1, 0.15) is 5.75 Å². The summed E-state index contributed by atoms with van der Waals surface area (Å²) in [6, 6.07) is 27.3. The number of aliphatic hydroxyl groups excluding tert-OH is 1. The highest BCUT2D eigenvalue weighted by molar-refractivity contribution is 6.01. The molecule has 2 N–H and O–H groups in total. The van der Waals surface area contributed by atoms with E-state index in [4.69, 9.17) is 24.3 Å². The average molecular weight is 544 g/mol. The van der Waals surface area contributed by atoms with Gasteiger partial charge < -0.3 is 24.6 Å². The number of morpholine rings is 1. The first-order chi connectivity index (χ1) is 19.7. The second-order valence-corrected chi connectivity index (χ2v) is 10.1. The monoisotopic (exact) mass is 543 g/mol. The first-order valence-electron chi connectivity index (χ1n) is 14.0. The Morgan fingerprint density at radius 3 is 2.40 bits per heavy atom. The number of ether oxygens (including phenoxy) is 3. The maximum atomic E-state index is 14.2. The van der Waals surface area contributed by atoms with Gasteiger partial charge in [-0.3, -0.25) is 9.69 Å². The van der Waals surface area contributed by atoms with E-state index in [1.807, 2.05) is 84.9 Å². The summed E-state index contributed by atoms with van der Waals surface area (Å²) in [5.41, 5.74) is 1.48. The van der Waals surface area contributed by atoms with E-state index in [1.54, 1.807) is 0 Å². The Labute approximate surface area is 235 Å². The quantitative estimate of drug-likeness (QED) is 0.340. The van der Waals surface area contributed by atoms with Crippen LogP contribution in [0.4, 0.5) is 0 Å². The number of nitrogens with zero attached hydrogens (tertiary/aromatic N) is 2. The van der Waals surface area contributed by atoms with Crippen LogP contribution in [0.2, 0.25) is 0 Å². The fraction of sp³-hybridized carbons (Fsp3) is 0.375. The molecule has 1 saturated heterocycles. The molecular formula is C32H37N3O5. The minimum Gasteiger partial charge on any atom is -0.494 e. The maximum absolute atomic E-state index is 14.2. The fourth-order valence-corrected chi connectivity index (χ4v) is 5.12. The van der Waals surface area contributed by atoms with Crippen molar-refractivity contribution < 1.29 is 24.1 Å². The van der Waals surface area contributed by atoms with Crippen LogP contribution >= 0.6 is 0 Å². The minimum atomic E-state index is -1.20. The summed E-state index contributed by atoms with van der Waals surface area (Å²) in [5.74, 6) is 0.972. The van der Waals surface area contributed by atoms with Crippen molar-refractivity contribution in [2.24, 2.45) is 4.99 Å². The molecule has 8 heteroatoms. The Hall–Kier alpha value is -3.72. The molecule has 8 nitrogen and oxygen atoms in total. The largest absolute Gasteiger partial charge is 0.494 e. The van der Waals surface area contributed by atoms with Gasteiger partial charge in [-0.05, 0) is 35.4 Å².